The molecular formula is C10H22Cl2N2O2. The van der Waals surface area contributed by atoms with Gasteiger partial charge in [0.15, 0.2) is 0 Å². The van der Waals surface area contributed by atoms with Crippen molar-refractivity contribution in [3.05, 3.63) is 0 Å². The second-order valence-corrected chi connectivity index (χ2v) is 4.80. The van der Waals surface area contributed by atoms with Crippen molar-refractivity contribution in [3.63, 3.8) is 0 Å². The molecule has 4 nitrogen and oxygen atoms in total. The summed E-state index contributed by atoms with van der Waals surface area (Å²) in [6, 6.07) is 0.244. The maximum absolute atomic E-state index is 11.6. The molecule has 1 aliphatic heterocycles. The molecule has 0 aromatic rings. The molecule has 0 aromatic heterocycles. The summed E-state index contributed by atoms with van der Waals surface area (Å²) in [4.78, 5) is 13.3. The summed E-state index contributed by atoms with van der Waals surface area (Å²) in [7, 11) is 0. The zero-order valence-corrected chi connectivity index (χ0v) is 11.7. The van der Waals surface area contributed by atoms with Crippen molar-refractivity contribution in [2.75, 3.05) is 13.1 Å². The Morgan fingerprint density at radius 2 is 1.69 bits per heavy atom. The Morgan fingerprint density at radius 1 is 1.25 bits per heavy atom. The molecule has 0 unspecified atom stereocenters. The van der Waals surface area contributed by atoms with Crippen LogP contribution in [0.1, 0.15) is 33.6 Å². The zero-order chi connectivity index (χ0) is 10.8. The molecule has 0 saturated carbocycles. The number of hydrogen-bond acceptors (Lipinski definition) is 3. The first-order valence-electron chi connectivity index (χ1n) is 5.12. The van der Waals surface area contributed by atoms with Crippen LogP contribution in [0, 0.1) is 0 Å². The largest absolute Gasteiger partial charge is 0.444 e. The molecule has 0 aliphatic carbocycles. The summed E-state index contributed by atoms with van der Waals surface area (Å²) in [5, 5.41) is 0. The summed E-state index contributed by atoms with van der Waals surface area (Å²) in [5.41, 5.74) is 5.34. The van der Waals surface area contributed by atoms with E-state index >= 15 is 0 Å². The fourth-order valence-corrected chi connectivity index (χ4v) is 1.41. The van der Waals surface area contributed by atoms with E-state index in [1.807, 2.05) is 20.8 Å². The topological polar surface area (TPSA) is 55.6 Å². The maximum Gasteiger partial charge on any atom is 0.410 e. The van der Waals surface area contributed by atoms with Gasteiger partial charge < -0.3 is 15.4 Å². The molecule has 0 spiro atoms. The quantitative estimate of drug-likeness (QED) is 0.736. The van der Waals surface area contributed by atoms with Crippen molar-refractivity contribution in [1.29, 1.82) is 0 Å². The van der Waals surface area contributed by atoms with Gasteiger partial charge in [0.05, 0.1) is 0 Å². The van der Waals surface area contributed by atoms with E-state index < -0.39 is 5.60 Å². The average molecular weight is 273 g/mol. The first kappa shape index (κ1) is 18.2. The van der Waals surface area contributed by atoms with Gasteiger partial charge in [-0.25, -0.2) is 4.79 Å². The fourth-order valence-electron chi connectivity index (χ4n) is 1.41. The van der Waals surface area contributed by atoms with Crippen LogP contribution in [0.15, 0.2) is 0 Å². The Labute approximate surface area is 110 Å². The Bertz CT molecular complexity index is 211. The fraction of sp³-hybridized carbons (Fsp3) is 0.900. The van der Waals surface area contributed by atoms with Crippen molar-refractivity contribution in [1.82, 2.24) is 4.90 Å². The highest BCUT2D eigenvalue weighted by molar-refractivity contribution is 5.85. The van der Waals surface area contributed by atoms with Gasteiger partial charge in [0, 0.05) is 19.1 Å². The lowest BCUT2D eigenvalue weighted by Gasteiger charge is -2.32. The predicted octanol–water partition coefficient (Wildman–Crippen LogP) is 2.19. The molecule has 1 fully saturated rings. The van der Waals surface area contributed by atoms with Gasteiger partial charge in [0.1, 0.15) is 5.60 Å². The highest BCUT2D eigenvalue weighted by Gasteiger charge is 2.25. The average Bonchev–Trinajstić information content (AvgIpc) is 2.02. The SMILES string of the molecule is CC(C)(C)OC(=O)N1CCC(N)CC1.Cl.Cl. The Balaban J connectivity index is 0. The van der Waals surface area contributed by atoms with Crippen LogP contribution in [-0.4, -0.2) is 35.7 Å². The number of carbonyl (C=O) groups excluding carboxylic acids is 1. The van der Waals surface area contributed by atoms with Gasteiger partial charge in [0.2, 0.25) is 0 Å². The minimum Gasteiger partial charge on any atom is -0.444 e. The monoisotopic (exact) mass is 272 g/mol. The molecule has 6 heteroatoms. The van der Waals surface area contributed by atoms with Gasteiger partial charge in [-0.1, -0.05) is 0 Å². The summed E-state index contributed by atoms with van der Waals surface area (Å²) < 4.78 is 5.26. The molecular weight excluding hydrogens is 251 g/mol. The van der Waals surface area contributed by atoms with Crippen molar-refractivity contribution < 1.29 is 9.53 Å². The van der Waals surface area contributed by atoms with E-state index in [1.165, 1.54) is 0 Å². The number of carbonyl (C=O) groups is 1. The van der Waals surface area contributed by atoms with E-state index in [0.29, 0.717) is 0 Å². The molecule has 0 atom stereocenters. The third-order valence-electron chi connectivity index (χ3n) is 2.19. The number of likely N-dealkylation sites (tertiary alicyclic amines) is 1. The van der Waals surface area contributed by atoms with E-state index in [1.54, 1.807) is 4.90 Å². The summed E-state index contributed by atoms with van der Waals surface area (Å²) >= 11 is 0. The Kier molecular flexibility index (Phi) is 8.18. The molecule has 1 amide bonds. The number of piperidine rings is 1. The standard InChI is InChI=1S/C10H20N2O2.2ClH/c1-10(2,3)14-9(13)12-6-4-8(11)5-7-12;;/h8H,4-7,11H2,1-3H3;2*1H. The van der Waals surface area contributed by atoms with Crippen LogP contribution in [0.3, 0.4) is 0 Å². The molecule has 1 heterocycles. The molecule has 2 N–H and O–H groups in total. The highest BCUT2D eigenvalue weighted by Crippen LogP contribution is 2.14. The van der Waals surface area contributed by atoms with Gasteiger partial charge in [-0.15, -0.1) is 24.8 Å². The van der Waals surface area contributed by atoms with Gasteiger partial charge in [-0.3, -0.25) is 0 Å². The van der Waals surface area contributed by atoms with Crippen LogP contribution >= 0.6 is 24.8 Å². The zero-order valence-electron chi connectivity index (χ0n) is 10.1. The molecule has 1 saturated heterocycles. The van der Waals surface area contributed by atoms with Crippen LogP contribution < -0.4 is 5.73 Å². The van der Waals surface area contributed by atoms with Crippen molar-refractivity contribution >= 4 is 30.9 Å². The lowest BCUT2D eigenvalue weighted by Crippen LogP contribution is -2.44. The molecule has 0 radical (unpaired) electrons. The highest BCUT2D eigenvalue weighted by atomic mass is 35.5. The summed E-state index contributed by atoms with van der Waals surface area (Å²) in [6.07, 6.45) is 1.53. The number of nitrogens with zero attached hydrogens (tertiary/aromatic N) is 1. The number of amides is 1. The minimum atomic E-state index is -0.406. The lowest BCUT2D eigenvalue weighted by molar-refractivity contribution is 0.0207. The van der Waals surface area contributed by atoms with E-state index in [4.69, 9.17) is 10.5 Å². The van der Waals surface area contributed by atoms with Crippen LogP contribution in [0.2, 0.25) is 0 Å². The van der Waals surface area contributed by atoms with E-state index in [2.05, 4.69) is 0 Å². The summed E-state index contributed by atoms with van der Waals surface area (Å²) in [5.74, 6) is 0. The predicted molar refractivity (Wildman–Crippen MR) is 69.5 cm³/mol. The summed E-state index contributed by atoms with van der Waals surface area (Å²) in [6.45, 7) is 7.06. The Morgan fingerprint density at radius 3 is 2.06 bits per heavy atom. The van der Waals surface area contributed by atoms with Crippen molar-refractivity contribution in [2.45, 2.75) is 45.3 Å². The van der Waals surface area contributed by atoms with Crippen LogP contribution in [0.5, 0.6) is 0 Å². The molecule has 1 rings (SSSR count). The van der Waals surface area contributed by atoms with Gasteiger partial charge >= 0.3 is 6.09 Å². The molecule has 0 bridgehead atoms. The van der Waals surface area contributed by atoms with E-state index in [-0.39, 0.29) is 36.9 Å². The normalized spacial score (nSPS) is 17.1. The maximum atomic E-state index is 11.6. The molecule has 98 valence electrons. The third-order valence-corrected chi connectivity index (χ3v) is 2.19. The second-order valence-electron chi connectivity index (χ2n) is 4.80. The van der Waals surface area contributed by atoms with E-state index in [9.17, 15) is 4.79 Å². The smallest absolute Gasteiger partial charge is 0.410 e. The number of hydrogen-bond donors (Lipinski definition) is 1. The van der Waals surface area contributed by atoms with Crippen LogP contribution in [0.4, 0.5) is 4.79 Å². The van der Waals surface area contributed by atoms with Gasteiger partial charge in [0.25, 0.3) is 0 Å². The van der Waals surface area contributed by atoms with Crippen LogP contribution in [0.25, 0.3) is 0 Å². The van der Waals surface area contributed by atoms with Gasteiger partial charge in [-0.05, 0) is 33.6 Å². The third kappa shape index (κ3) is 6.40. The van der Waals surface area contributed by atoms with E-state index in [0.717, 1.165) is 25.9 Å². The molecule has 0 aromatic carbocycles. The first-order valence-corrected chi connectivity index (χ1v) is 5.12. The van der Waals surface area contributed by atoms with Crippen molar-refractivity contribution in [2.24, 2.45) is 5.73 Å². The van der Waals surface area contributed by atoms with Gasteiger partial charge in [-0.2, -0.15) is 0 Å². The number of rotatable bonds is 0. The molecule has 1 aliphatic rings. The number of ether oxygens (including phenoxy) is 1. The molecule has 16 heavy (non-hydrogen) atoms. The van der Waals surface area contributed by atoms with Crippen LogP contribution in [-0.2, 0) is 4.74 Å². The first-order chi connectivity index (χ1) is 6.38. The Hall–Kier alpha value is -0.190. The van der Waals surface area contributed by atoms with Crippen molar-refractivity contribution in [3.8, 4) is 0 Å². The second kappa shape index (κ2) is 7.20. The number of halogens is 2. The number of nitrogens with two attached hydrogens (primary N) is 1. The lowest BCUT2D eigenvalue weighted by atomic mass is 10.1. The minimum absolute atomic E-state index is 0.